The highest BCUT2D eigenvalue weighted by molar-refractivity contribution is 4.60. The van der Waals surface area contributed by atoms with Crippen molar-refractivity contribution in [1.82, 2.24) is 0 Å². The maximum Gasteiger partial charge on any atom is 0.0924 e. The van der Waals surface area contributed by atoms with E-state index in [1.807, 2.05) is 0 Å². The predicted octanol–water partition coefficient (Wildman–Crippen LogP) is 1.38. The molecule has 2 heteroatoms. The van der Waals surface area contributed by atoms with E-state index in [4.69, 9.17) is 4.74 Å². The Balaban J connectivity index is 2.13. The van der Waals surface area contributed by atoms with Crippen LogP contribution in [0.15, 0.2) is 0 Å². The summed E-state index contributed by atoms with van der Waals surface area (Å²) in [5.41, 5.74) is 0. The van der Waals surface area contributed by atoms with E-state index in [0.29, 0.717) is 5.92 Å². The molecule has 1 heterocycles. The Morgan fingerprint density at radius 1 is 1.38 bits per heavy atom. The second kappa shape index (κ2) is 3.02. The van der Waals surface area contributed by atoms with Crippen LogP contribution in [0, 0.1) is 5.92 Å². The molecule has 0 aromatic heterocycles. The quantitative estimate of drug-likeness (QED) is 0.505. The molecule has 0 saturated carbocycles. The van der Waals surface area contributed by atoms with Crippen molar-refractivity contribution in [1.29, 1.82) is 0 Å². The van der Waals surface area contributed by atoms with Crippen molar-refractivity contribution in [3.8, 4) is 0 Å². The lowest BCUT2D eigenvalue weighted by atomic mass is 10.0. The number of hydrogen-bond acceptors (Lipinski definition) is 1. The van der Waals surface area contributed by atoms with Crippen LogP contribution in [0.5, 0.6) is 0 Å². The number of hydrogen-bond donors (Lipinski definition) is 0. The lowest BCUT2D eigenvalue weighted by Crippen LogP contribution is -2.16. The fourth-order valence-corrected chi connectivity index (χ4v) is 0.901. The average molecular weight is 118 g/mol. The monoisotopic (exact) mass is 118 g/mol. The second-order valence-electron chi connectivity index (χ2n) is 2.21. The lowest BCUT2D eigenvalue weighted by molar-refractivity contribution is 0.0584. The lowest BCUT2D eigenvalue weighted by Gasteiger charge is -2.18. The van der Waals surface area contributed by atoms with Crippen LogP contribution in [0.4, 0.5) is 4.39 Å². The van der Waals surface area contributed by atoms with Crippen molar-refractivity contribution in [2.24, 2.45) is 5.92 Å². The van der Waals surface area contributed by atoms with E-state index in [-0.39, 0.29) is 6.67 Å². The fourth-order valence-electron chi connectivity index (χ4n) is 0.901. The summed E-state index contributed by atoms with van der Waals surface area (Å²) in [5.74, 6) is 0.295. The zero-order chi connectivity index (χ0) is 5.82. The summed E-state index contributed by atoms with van der Waals surface area (Å²) in [6.45, 7) is 1.35. The molecule has 1 nitrogen and oxygen atoms in total. The highest BCUT2D eigenvalue weighted by Crippen LogP contribution is 2.13. The molecule has 0 aromatic carbocycles. The van der Waals surface area contributed by atoms with Crippen LogP contribution in [0.2, 0.25) is 0 Å². The summed E-state index contributed by atoms with van der Waals surface area (Å²) in [6, 6.07) is 0. The average Bonchev–Trinajstić information content (AvgIpc) is 1.90. The molecule has 1 rings (SSSR count). The van der Waals surface area contributed by atoms with Crippen molar-refractivity contribution < 1.29 is 9.13 Å². The van der Waals surface area contributed by atoms with Crippen molar-refractivity contribution in [2.75, 3.05) is 19.9 Å². The first-order chi connectivity index (χ1) is 3.93. The maximum atomic E-state index is 11.8. The molecular weight excluding hydrogens is 107 g/mol. The normalized spacial score (nSPS) is 23.6. The van der Waals surface area contributed by atoms with Crippen LogP contribution in [0.25, 0.3) is 0 Å². The van der Waals surface area contributed by atoms with Gasteiger partial charge in [0.1, 0.15) is 0 Å². The molecule has 48 valence electrons. The Bertz CT molecular complexity index is 59.5. The Kier molecular flexibility index (Phi) is 2.27. The van der Waals surface area contributed by atoms with Gasteiger partial charge in [-0.2, -0.15) is 0 Å². The van der Waals surface area contributed by atoms with E-state index in [1.165, 1.54) is 0 Å². The molecule has 0 amide bonds. The van der Waals surface area contributed by atoms with Gasteiger partial charge >= 0.3 is 0 Å². The molecule has 0 radical (unpaired) electrons. The summed E-state index contributed by atoms with van der Waals surface area (Å²) >= 11 is 0. The molecule has 8 heavy (non-hydrogen) atoms. The van der Waals surface area contributed by atoms with E-state index in [1.54, 1.807) is 0 Å². The summed E-state index contributed by atoms with van der Waals surface area (Å²) in [7, 11) is 0. The molecule has 1 fully saturated rings. The Morgan fingerprint density at radius 2 is 2.00 bits per heavy atom. The van der Waals surface area contributed by atoms with Gasteiger partial charge in [0.25, 0.3) is 0 Å². The Hall–Kier alpha value is -0.110. The van der Waals surface area contributed by atoms with Gasteiger partial charge in [0.05, 0.1) is 6.67 Å². The van der Waals surface area contributed by atoms with Crippen molar-refractivity contribution in [3.05, 3.63) is 0 Å². The van der Waals surface area contributed by atoms with Gasteiger partial charge in [-0.05, 0) is 18.8 Å². The Labute approximate surface area is 48.8 Å². The van der Waals surface area contributed by atoms with E-state index in [9.17, 15) is 4.39 Å². The van der Waals surface area contributed by atoms with E-state index in [0.717, 1.165) is 26.1 Å². The zero-order valence-electron chi connectivity index (χ0n) is 4.90. The molecule has 0 aliphatic carbocycles. The van der Waals surface area contributed by atoms with Crippen LogP contribution in [-0.2, 0) is 4.74 Å². The van der Waals surface area contributed by atoms with Gasteiger partial charge in [-0.15, -0.1) is 0 Å². The molecule has 0 spiro atoms. The third kappa shape index (κ3) is 1.44. The van der Waals surface area contributed by atoms with Crippen LogP contribution in [0.1, 0.15) is 12.8 Å². The summed E-state index contributed by atoms with van der Waals surface area (Å²) in [4.78, 5) is 0. The molecule has 0 bridgehead atoms. The Morgan fingerprint density at radius 3 is 2.38 bits per heavy atom. The standard InChI is InChI=1S/C6H11FO/c7-5-6-1-3-8-4-2-6/h6H,1-5H2. The number of halogens is 1. The fraction of sp³-hybridized carbons (Fsp3) is 1.00. The number of ether oxygens (including phenoxy) is 1. The van der Waals surface area contributed by atoms with E-state index >= 15 is 0 Å². The van der Waals surface area contributed by atoms with Crippen molar-refractivity contribution in [2.45, 2.75) is 12.8 Å². The number of rotatable bonds is 1. The molecule has 0 N–H and O–H groups in total. The largest absolute Gasteiger partial charge is 0.381 e. The minimum atomic E-state index is -0.163. The van der Waals surface area contributed by atoms with Crippen LogP contribution < -0.4 is 0 Å². The van der Waals surface area contributed by atoms with Gasteiger partial charge in [-0.25, -0.2) is 0 Å². The minimum Gasteiger partial charge on any atom is -0.381 e. The summed E-state index contributed by atoms with van der Waals surface area (Å²) < 4.78 is 16.9. The van der Waals surface area contributed by atoms with Crippen LogP contribution >= 0.6 is 0 Å². The molecule has 0 unspecified atom stereocenters. The molecule has 1 aliphatic rings. The van der Waals surface area contributed by atoms with Crippen LogP contribution in [-0.4, -0.2) is 19.9 Å². The second-order valence-corrected chi connectivity index (χ2v) is 2.21. The minimum absolute atomic E-state index is 0.163. The predicted molar refractivity (Wildman–Crippen MR) is 29.5 cm³/mol. The van der Waals surface area contributed by atoms with Gasteiger partial charge < -0.3 is 4.74 Å². The maximum absolute atomic E-state index is 11.8. The first-order valence-electron chi connectivity index (χ1n) is 3.07. The van der Waals surface area contributed by atoms with Gasteiger partial charge in [-0.3, -0.25) is 4.39 Å². The smallest absolute Gasteiger partial charge is 0.0924 e. The zero-order valence-corrected chi connectivity index (χ0v) is 4.90. The molecular formula is C6H11FO. The molecule has 1 aliphatic heterocycles. The molecule has 0 aromatic rings. The van der Waals surface area contributed by atoms with E-state index in [2.05, 4.69) is 0 Å². The highest BCUT2D eigenvalue weighted by atomic mass is 19.1. The highest BCUT2D eigenvalue weighted by Gasteiger charge is 2.11. The number of alkyl halides is 1. The van der Waals surface area contributed by atoms with Crippen molar-refractivity contribution in [3.63, 3.8) is 0 Å². The van der Waals surface area contributed by atoms with Gasteiger partial charge in [0.2, 0.25) is 0 Å². The summed E-state index contributed by atoms with van der Waals surface area (Å²) in [6.07, 6.45) is 1.83. The van der Waals surface area contributed by atoms with Gasteiger partial charge in [-0.1, -0.05) is 0 Å². The first kappa shape index (κ1) is 6.02. The third-order valence-corrected chi connectivity index (χ3v) is 1.56. The topological polar surface area (TPSA) is 9.23 Å². The summed E-state index contributed by atoms with van der Waals surface area (Å²) in [5, 5.41) is 0. The van der Waals surface area contributed by atoms with Gasteiger partial charge in [0, 0.05) is 13.2 Å². The third-order valence-electron chi connectivity index (χ3n) is 1.56. The SMILES string of the molecule is FCC1CCOCC1. The van der Waals surface area contributed by atoms with E-state index < -0.39 is 0 Å². The van der Waals surface area contributed by atoms with Crippen LogP contribution in [0.3, 0.4) is 0 Å². The van der Waals surface area contributed by atoms with Gasteiger partial charge in [0.15, 0.2) is 0 Å². The first-order valence-corrected chi connectivity index (χ1v) is 3.07. The molecule has 1 saturated heterocycles. The molecule has 0 atom stereocenters. The van der Waals surface area contributed by atoms with Crippen molar-refractivity contribution >= 4 is 0 Å².